The van der Waals surface area contributed by atoms with Crippen molar-refractivity contribution in [3.05, 3.63) is 52.9 Å². The van der Waals surface area contributed by atoms with Crippen molar-refractivity contribution in [2.75, 3.05) is 0 Å². The van der Waals surface area contributed by atoms with Crippen LogP contribution in [0.3, 0.4) is 0 Å². The summed E-state index contributed by atoms with van der Waals surface area (Å²) in [6.07, 6.45) is 0.120. The molecule has 0 saturated heterocycles. The molecule has 1 heterocycles. The number of hydrogen-bond acceptors (Lipinski definition) is 2. The summed E-state index contributed by atoms with van der Waals surface area (Å²) < 4.78 is 79.7. The van der Waals surface area contributed by atoms with Crippen molar-refractivity contribution in [1.29, 1.82) is 5.26 Å². The third kappa shape index (κ3) is 2.42. The lowest BCUT2D eigenvalue weighted by atomic mass is 9.98. The van der Waals surface area contributed by atoms with Crippen molar-refractivity contribution in [2.45, 2.75) is 6.42 Å². The summed E-state index contributed by atoms with van der Waals surface area (Å²) >= 11 is 0. The summed E-state index contributed by atoms with van der Waals surface area (Å²) in [6, 6.07) is 2.29. The second-order valence-electron chi connectivity index (χ2n) is 3.94. The van der Waals surface area contributed by atoms with Crippen LogP contribution in [0.4, 0.5) is 26.3 Å². The van der Waals surface area contributed by atoms with Gasteiger partial charge in [-0.05, 0) is 11.6 Å². The number of aromatic nitrogens is 1. The van der Waals surface area contributed by atoms with E-state index in [0.717, 1.165) is 0 Å². The Morgan fingerprint density at radius 2 is 1.43 bits per heavy atom. The van der Waals surface area contributed by atoms with Gasteiger partial charge in [0.25, 0.3) is 0 Å². The maximum absolute atomic E-state index is 13.7. The first-order valence-corrected chi connectivity index (χ1v) is 5.41. The van der Waals surface area contributed by atoms with Gasteiger partial charge in [-0.1, -0.05) is 0 Å². The van der Waals surface area contributed by atoms with E-state index in [9.17, 15) is 26.3 Å². The molecule has 1 aromatic carbocycles. The lowest BCUT2D eigenvalue weighted by Crippen LogP contribution is -2.06. The SMILES string of the molecule is N#CCc1cc(F)ncc1-c1c(F)c(F)c(F)c(F)c1F. The molecular formula is C13H4F6N2. The molecule has 0 amide bonds. The van der Waals surface area contributed by atoms with Crippen LogP contribution in [0.1, 0.15) is 5.56 Å². The molecule has 0 bridgehead atoms. The summed E-state index contributed by atoms with van der Waals surface area (Å²) in [7, 11) is 0. The Morgan fingerprint density at radius 3 is 1.95 bits per heavy atom. The first kappa shape index (κ1) is 14.8. The molecule has 0 aliphatic carbocycles. The molecule has 0 spiro atoms. The van der Waals surface area contributed by atoms with Gasteiger partial charge in [0.2, 0.25) is 11.8 Å². The van der Waals surface area contributed by atoms with Crippen LogP contribution < -0.4 is 0 Å². The Labute approximate surface area is 114 Å². The van der Waals surface area contributed by atoms with E-state index in [4.69, 9.17) is 5.26 Å². The lowest BCUT2D eigenvalue weighted by molar-refractivity contribution is 0.381. The largest absolute Gasteiger partial charge is 0.228 e. The number of hydrogen-bond donors (Lipinski definition) is 0. The van der Waals surface area contributed by atoms with E-state index in [1.54, 1.807) is 6.07 Å². The number of halogens is 6. The highest BCUT2D eigenvalue weighted by atomic mass is 19.2. The maximum Gasteiger partial charge on any atom is 0.213 e. The molecule has 0 aliphatic heterocycles. The Hall–Kier alpha value is -2.56. The van der Waals surface area contributed by atoms with Gasteiger partial charge in [0.15, 0.2) is 23.3 Å². The van der Waals surface area contributed by atoms with Crippen molar-refractivity contribution < 1.29 is 26.3 Å². The molecule has 0 fully saturated rings. The second-order valence-corrected chi connectivity index (χ2v) is 3.94. The van der Waals surface area contributed by atoms with Crippen LogP contribution in [-0.2, 0) is 6.42 Å². The van der Waals surface area contributed by atoms with Crippen LogP contribution in [0, 0.1) is 46.4 Å². The Bertz CT molecular complexity index is 737. The fourth-order valence-electron chi connectivity index (χ4n) is 1.77. The molecule has 1 aromatic heterocycles. The lowest BCUT2D eigenvalue weighted by Gasteiger charge is -2.11. The van der Waals surface area contributed by atoms with Crippen LogP contribution in [-0.4, -0.2) is 4.98 Å². The van der Waals surface area contributed by atoms with Crippen LogP contribution in [0.15, 0.2) is 12.3 Å². The highest BCUT2D eigenvalue weighted by molar-refractivity contribution is 5.68. The van der Waals surface area contributed by atoms with Crippen molar-refractivity contribution in [3.63, 3.8) is 0 Å². The first-order valence-electron chi connectivity index (χ1n) is 5.41. The third-order valence-corrected chi connectivity index (χ3v) is 2.70. The fourth-order valence-corrected chi connectivity index (χ4v) is 1.77. The van der Waals surface area contributed by atoms with E-state index in [1.165, 1.54) is 0 Å². The zero-order valence-electron chi connectivity index (χ0n) is 10.0. The molecule has 0 radical (unpaired) electrons. The quantitative estimate of drug-likeness (QED) is 0.367. The summed E-state index contributed by atoms with van der Waals surface area (Å²) in [5.41, 5.74) is -2.02. The zero-order chi connectivity index (χ0) is 15.7. The van der Waals surface area contributed by atoms with Gasteiger partial charge in [0.1, 0.15) is 0 Å². The zero-order valence-corrected chi connectivity index (χ0v) is 10.0. The van der Waals surface area contributed by atoms with E-state index in [0.29, 0.717) is 12.3 Å². The smallest absolute Gasteiger partial charge is 0.213 e. The average Bonchev–Trinajstić information content (AvgIpc) is 2.46. The predicted molar refractivity (Wildman–Crippen MR) is 58.7 cm³/mol. The van der Waals surface area contributed by atoms with E-state index < -0.39 is 52.6 Å². The molecule has 0 saturated carbocycles. The van der Waals surface area contributed by atoms with Crippen LogP contribution in [0.25, 0.3) is 11.1 Å². The molecule has 0 atom stereocenters. The monoisotopic (exact) mass is 302 g/mol. The van der Waals surface area contributed by atoms with Gasteiger partial charge < -0.3 is 0 Å². The number of pyridine rings is 1. The van der Waals surface area contributed by atoms with Gasteiger partial charge in [0.05, 0.1) is 18.1 Å². The summed E-state index contributed by atoms with van der Waals surface area (Å²) in [5.74, 6) is -11.7. The summed E-state index contributed by atoms with van der Waals surface area (Å²) in [6.45, 7) is 0. The molecule has 21 heavy (non-hydrogen) atoms. The highest BCUT2D eigenvalue weighted by Crippen LogP contribution is 2.33. The minimum absolute atomic E-state index is 0.242. The maximum atomic E-state index is 13.7. The van der Waals surface area contributed by atoms with Gasteiger partial charge in [-0.3, -0.25) is 0 Å². The molecule has 2 aromatic rings. The van der Waals surface area contributed by atoms with Crippen molar-refractivity contribution in [3.8, 4) is 17.2 Å². The summed E-state index contributed by atoms with van der Waals surface area (Å²) in [4.78, 5) is 3.11. The van der Waals surface area contributed by atoms with E-state index in [1.807, 2.05) is 0 Å². The normalized spacial score (nSPS) is 10.5. The van der Waals surface area contributed by atoms with E-state index >= 15 is 0 Å². The van der Waals surface area contributed by atoms with E-state index in [-0.39, 0.29) is 5.56 Å². The highest BCUT2D eigenvalue weighted by Gasteiger charge is 2.28. The molecular weight excluding hydrogens is 298 g/mol. The molecule has 0 unspecified atom stereocenters. The number of benzene rings is 1. The molecule has 0 aliphatic rings. The standard InChI is InChI=1S/C13H4F6N2/c14-7-3-5(1-2-20)6(4-21-7)8-9(15)11(17)13(19)12(18)10(8)16/h3-4H,1H2. The van der Waals surface area contributed by atoms with Crippen molar-refractivity contribution in [2.24, 2.45) is 0 Å². The number of nitrogens with zero attached hydrogens (tertiary/aromatic N) is 2. The molecule has 108 valence electrons. The van der Waals surface area contributed by atoms with Crippen LogP contribution in [0.5, 0.6) is 0 Å². The third-order valence-electron chi connectivity index (χ3n) is 2.70. The van der Waals surface area contributed by atoms with Crippen LogP contribution in [0.2, 0.25) is 0 Å². The van der Waals surface area contributed by atoms with Gasteiger partial charge in [-0.15, -0.1) is 0 Å². The summed E-state index contributed by atoms with van der Waals surface area (Å²) in [5, 5.41) is 8.59. The molecule has 0 N–H and O–H groups in total. The Morgan fingerprint density at radius 1 is 0.905 bits per heavy atom. The second kappa shape index (κ2) is 5.44. The van der Waals surface area contributed by atoms with Gasteiger partial charge in [-0.25, -0.2) is 26.9 Å². The predicted octanol–water partition coefficient (Wildman–Crippen LogP) is 3.65. The van der Waals surface area contributed by atoms with Crippen LogP contribution >= 0.6 is 0 Å². The average molecular weight is 302 g/mol. The number of rotatable bonds is 2. The van der Waals surface area contributed by atoms with Crippen molar-refractivity contribution >= 4 is 0 Å². The Balaban J connectivity index is 2.83. The topological polar surface area (TPSA) is 36.7 Å². The number of nitriles is 1. The van der Waals surface area contributed by atoms with Crippen molar-refractivity contribution in [1.82, 2.24) is 4.98 Å². The Kier molecular flexibility index (Phi) is 3.84. The minimum atomic E-state index is -2.30. The molecule has 2 rings (SSSR count). The van der Waals surface area contributed by atoms with E-state index in [2.05, 4.69) is 4.98 Å². The molecule has 8 heteroatoms. The van der Waals surface area contributed by atoms with Gasteiger partial charge in [-0.2, -0.15) is 9.65 Å². The minimum Gasteiger partial charge on any atom is -0.228 e. The van der Waals surface area contributed by atoms with Gasteiger partial charge in [0, 0.05) is 11.8 Å². The first-order chi connectivity index (χ1) is 9.88. The fraction of sp³-hybridized carbons (Fsp3) is 0.0769. The van der Waals surface area contributed by atoms with Gasteiger partial charge >= 0.3 is 0 Å². The molecule has 2 nitrogen and oxygen atoms in total.